The second-order valence-corrected chi connectivity index (χ2v) is 5.90. The third-order valence-electron chi connectivity index (χ3n) is 3.49. The Morgan fingerprint density at radius 2 is 2.25 bits per heavy atom. The predicted octanol–water partition coefficient (Wildman–Crippen LogP) is 1.95. The average molecular weight is 292 g/mol. The Morgan fingerprint density at radius 3 is 2.95 bits per heavy atom. The summed E-state index contributed by atoms with van der Waals surface area (Å²) in [7, 11) is 1.86. The van der Waals surface area contributed by atoms with Gasteiger partial charge in [-0.3, -0.25) is 9.48 Å². The Hall–Kier alpha value is -1.76. The second-order valence-electron chi connectivity index (χ2n) is 4.92. The van der Waals surface area contributed by atoms with E-state index >= 15 is 0 Å². The van der Waals surface area contributed by atoms with Crippen molar-refractivity contribution in [2.75, 3.05) is 5.32 Å². The highest BCUT2D eigenvalue weighted by Gasteiger charge is 2.23. The van der Waals surface area contributed by atoms with Crippen molar-refractivity contribution in [3.63, 3.8) is 0 Å². The standard InChI is InChI=1S/C13H16N4O2S/c1-7-9(8(2)19-16-7)4-12(18)14-13-10-5-20-6-11(10)15-17(13)3/h4-6H2,1-3H3,(H,14,18). The van der Waals surface area contributed by atoms with Crippen molar-refractivity contribution in [2.24, 2.45) is 7.05 Å². The van der Waals surface area contributed by atoms with Crippen LogP contribution in [0.1, 0.15) is 28.3 Å². The molecule has 0 unspecified atom stereocenters. The van der Waals surface area contributed by atoms with E-state index in [-0.39, 0.29) is 12.3 Å². The lowest BCUT2D eigenvalue weighted by molar-refractivity contribution is -0.115. The number of amides is 1. The predicted molar refractivity (Wildman–Crippen MR) is 76.5 cm³/mol. The first-order chi connectivity index (χ1) is 9.56. The largest absolute Gasteiger partial charge is 0.361 e. The van der Waals surface area contributed by atoms with Crippen molar-refractivity contribution in [1.29, 1.82) is 0 Å². The molecular formula is C13H16N4O2S. The molecule has 2 aromatic heterocycles. The van der Waals surface area contributed by atoms with Crippen LogP contribution in [-0.4, -0.2) is 20.8 Å². The molecule has 1 aliphatic heterocycles. The van der Waals surface area contributed by atoms with E-state index in [1.165, 1.54) is 0 Å². The number of aromatic nitrogens is 3. The van der Waals surface area contributed by atoms with Gasteiger partial charge in [-0.1, -0.05) is 5.16 Å². The minimum absolute atomic E-state index is 0.0675. The lowest BCUT2D eigenvalue weighted by atomic mass is 10.1. The number of aryl methyl sites for hydroxylation is 3. The van der Waals surface area contributed by atoms with Crippen LogP contribution < -0.4 is 5.32 Å². The zero-order valence-corrected chi connectivity index (χ0v) is 12.5. The van der Waals surface area contributed by atoms with E-state index < -0.39 is 0 Å². The number of anilines is 1. The summed E-state index contributed by atoms with van der Waals surface area (Å²) in [4.78, 5) is 12.2. The molecular weight excluding hydrogens is 276 g/mol. The third kappa shape index (κ3) is 2.22. The fourth-order valence-electron chi connectivity index (χ4n) is 2.39. The minimum Gasteiger partial charge on any atom is -0.361 e. The number of thioether (sulfide) groups is 1. The Morgan fingerprint density at radius 1 is 1.45 bits per heavy atom. The van der Waals surface area contributed by atoms with Gasteiger partial charge < -0.3 is 9.84 Å². The molecule has 0 saturated carbocycles. The van der Waals surface area contributed by atoms with Crippen LogP contribution in [0.5, 0.6) is 0 Å². The molecule has 6 nitrogen and oxygen atoms in total. The lowest BCUT2D eigenvalue weighted by Crippen LogP contribution is -2.18. The van der Waals surface area contributed by atoms with E-state index in [0.29, 0.717) is 5.76 Å². The van der Waals surface area contributed by atoms with E-state index in [9.17, 15) is 4.79 Å². The van der Waals surface area contributed by atoms with Gasteiger partial charge in [0, 0.05) is 29.7 Å². The molecule has 1 amide bonds. The Balaban J connectivity index is 1.77. The fourth-order valence-corrected chi connectivity index (χ4v) is 3.42. The number of fused-ring (bicyclic) bond motifs is 1. The normalized spacial score (nSPS) is 13.6. The third-order valence-corrected chi connectivity index (χ3v) is 4.46. The summed E-state index contributed by atoms with van der Waals surface area (Å²) < 4.78 is 6.82. The molecule has 1 N–H and O–H groups in total. The van der Waals surface area contributed by atoms with Gasteiger partial charge in [0.1, 0.15) is 11.6 Å². The van der Waals surface area contributed by atoms with Crippen molar-refractivity contribution in [1.82, 2.24) is 14.9 Å². The summed E-state index contributed by atoms with van der Waals surface area (Å²) in [5.74, 6) is 3.26. The van der Waals surface area contributed by atoms with Crippen LogP contribution in [0.4, 0.5) is 5.82 Å². The van der Waals surface area contributed by atoms with Gasteiger partial charge in [0.2, 0.25) is 5.91 Å². The van der Waals surface area contributed by atoms with Gasteiger partial charge in [-0.2, -0.15) is 16.9 Å². The molecule has 0 saturated heterocycles. The van der Waals surface area contributed by atoms with Gasteiger partial charge in [-0.05, 0) is 13.8 Å². The van der Waals surface area contributed by atoms with Crippen molar-refractivity contribution < 1.29 is 9.32 Å². The number of nitrogens with one attached hydrogen (secondary N) is 1. The van der Waals surface area contributed by atoms with Crippen molar-refractivity contribution in [2.45, 2.75) is 31.8 Å². The van der Waals surface area contributed by atoms with Gasteiger partial charge in [-0.15, -0.1) is 0 Å². The first kappa shape index (κ1) is 13.2. The Kier molecular flexibility index (Phi) is 3.29. The SMILES string of the molecule is Cc1noc(C)c1CC(=O)Nc1c2c(nn1C)CSC2. The maximum absolute atomic E-state index is 12.2. The van der Waals surface area contributed by atoms with Gasteiger partial charge in [0.25, 0.3) is 0 Å². The van der Waals surface area contributed by atoms with Crippen LogP contribution in [0, 0.1) is 13.8 Å². The lowest BCUT2D eigenvalue weighted by Gasteiger charge is -2.07. The van der Waals surface area contributed by atoms with Gasteiger partial charge in [0.05, 0.1) is 17.8 Å². The van der Waals surface area contributed by atoms with Crippen molar-refractivity contribution >= 4 is 23.5 Å². The average Bonchev–Trinajstić information content (AvgIpc) is 3.04. The monoisotopic (exact) mass is 292 g/mol. The molecule has 0 aliphatic carbocycles. The maximum atomic E-state index is 12.2. The van der Waals surface area contributed by atoms with Crippen LogP contribution in [0.25, 0.3) is 0 Å². The van der Waals surface area contributed by atoms with Crippen LogP contribution in [0.3, 0.4) is 0 Å². The molecule has 3 heterocycles. The molecule has 106 valence electrons. The highest BCUT2D eigenvalue weighted by molar-refractivity contribution is 7.98. The first-order valence-electron chi connectivity index (χ1n) is 6.40. The molecule has 0 radical (unpaired) electrons. The molecule has 2 aromatic rings. The number of rotatable bonds is 3. The Labute approximate surface area is 120 Å². The quantitative estimate of drug-likeness (QED) is 0.936. The fraction of sp³-hybridized carbons (Fsp3) is 0.462. The number of hydrogen-bond donors (Lipinski definition) is 1. The molecule has 0 fully saturated rings. The van der Waals surface area contributed by atoms with E-state index in [1.54, 1.807) is 4.68 Å². The summed E-state index contributed by atoms with van der Waals surface area (Å²) in [6, 6.07) is 0. The van der Waals surface area contributed by atoms with Crippen LogP contribution in [-0.2, 0) is 29.8 Å². The van der Waals surface area contributed by atoms with E-state index in [2.05, 4.69) is 15.6 Å². The summed E-state index contributed by atoms with van der Waals surface area (Å²) in [6.45, 7) is 3.67. The smallest absolute Gasteiger partial charge is 0.230 e. The topological polar surface area (TPSA) is 73.0 Å². The Bertz CT molecular complexity index is 655. The summed E-state index contributed by atoms with van der Waals surface area (Å²) in [6.07, 6.45) is 0.272. The minimum atomic E-state index is -0.0675. The molecule has 1 aliphatic rings. The van der Waals surface area contributed by atoms with Gasteiger partial charge in [-0.25, -0.2) is 0 Å². The maximum Gasteiger partial charge on any atom is 0.230 e. The molecule has 20 heavy (non-hydrogen) atoms. The summed E-state index contributed by atoms with van der Waals surface area (Å²) >= 11 is 1.82. The van der Waals surface area contributed by atoms with Gasteiger partial charge >= 0.3 is 0 Å². The molecule has 0 bridgehead atoms. The summed E-state index contributed by atoms with van der Waals surface area (Å²) in [5.41, 5.74) is 3.84. The number of carbonyl (C=O) groups excluding carboxylic acids is 1. The van der Waals surface area contributed by atoms with Crippen molar-refractivity contribution in [3.05, 3.63) is 28.3 Å². The summed E-state index contributed by atoms with van der Waals surface area (Å²) in [5, 5.41) is 11.3. The highest BCUT2D eigenvalue weighted by atomic mass is 32.2. The van der Waals surface area contributed by atoms with E-state index in [0.717, 1.165) is 39.8 Å². The second kappa shape index (κ2) is 4.97. The van der Waals surface area contributed by atoms with Crippen LogP contribution in [0.15, 0.2) is 4.52 Å². The number of nitrogens with zero attached hydrogens (tertiary/aromatic N) is 3. The molecule has 0 spiro atoms. The zero-order valence-electron chi connectivity index (χ0n) is 11.7. The zero-order chi connectivity index (χ0) is 14.3. The van der Waals surface area contributed by atoms with E-state index in [1.807, 2.05) is 32.7 Å². The molecule has 0 atom stereocenters. The number of carbonyl (C=O) groups is 1. The van der Waals surface area contributed by atoms with E-state index in [4.69, 9.17) is 4.52 Å². The molecule has 0 aromatic carbocycles. The first-order valence-corrected chi connectivity index (χ1v) is 7.56. The van der Waals surface area contributed by atoms with Crippen molar-refractivity contribution in [3.8, 4) is 0 Å². The van der Waals surface area contributed by atoms with Gasteiger partial charge in [0.15, 0.2) is 0 Å². The van der Waals surface area contributed by atoms with Crippen LogP contribution in [0.2, 0.25) is 0 Å². The molecule has 7 heteroatoms. The highest BCUT2D eigenvalue weighted by Crippen LogP contribution is 2.34. The molecule has 3 rings (SSSR count). The van der Waals surface area contributed by atoms with Crippen LogP contribution >= 0.6 is 11.8 Å². The number of hydrogen-bond acceptors (Lipinski definition) is 5.